The highest BCUT2D eigenvalue weighted by atomic mass is 19.1. The molecular weight excluding hydrogens is 322 g/mol. The summed E-state index contributed by atoms with van der Waals surface area (Å²) in [7, 11) is 1.65. The van der Waals surface area contributed by atoms with Crippen molar-refractivity contribution in [3.8, 4) is 5.75 Å². The molecule has 2 nitrogen and oxygen atoms in total. The zero-order valence-electron chi connectivity index (χ0n) is 14.3. The third-order valence-electron chi connectivity index (χ3n) is 6.28. The fourth-order valence-electron chi connectivity index (χ4n) is 4.78. The molecule has 0 heterocycles. The number of ketones is 1. The molecule has 0 radical (unpaired) electrons. The second-order valence-electron chi connectivity index (χ2n) is 7.61. The van der Waals surface area contributed by atoms with Gasteiger partial charge in [-0.2, -0.15) is 0 Å². The third kappa shape index (κ3) is 2.30. The van der Waals surface area contributed by atoms with Crippen molar-refractivity contribution in [1.29, 1.82) is 0 Å². The fourth-order valence-corrected chi connectivity index (χ4v) is 4.78. The largest absolute Gasteiger partial charge is 0.497 e. The lowest BCUT2D eigenvalue weighted by atomic mass is 9.30. The molecule has 2 aromatic rings. The van der Waals surface area contributed by atoms with E-state index in [4.69, 9.17) is 4.74 Å². The average Bonchev–Trinajstić information content (AvgIpc) is 2.52. The summed E-state index contributed by atoms with van der Waals surface area (Å²) < 4.78 is 32.2. The summed E-state index contributed by atoms with van der Waals surface area (Å²) in [4.78, 5) is 12.7. The summed E-state index contributed by atoms with van der Waals surface area (Å²) >= 11 is 0. The first kappa shape index (κ1) is 16.2. The molecule has 0 spiro atoms. The number of hydrogen-bond acceptors (Lipinski definition) is 2. The Hall–Kier alpha value is -2.23. The van der Waals surface area contributed by atoms with Gasteiger partial charge in [0.05, 0.1) is 12.7 Å². The predicted molar refractivity (Wildman–Crippen MR) is 90.8 cm³/mol. The SMILES string of the molecule is COc1ccc(C23CC(C(C)C(=O)c4ccc(F)cc4F)(C2)C3)cc1. The number of benzene rings is 2. The van der Waals surface area contributed by atoms with E-state index in [1.165, 1.54) is 11.6 Å². The van der Waals surface area contributed by atoms with Crippen molar-refractivity contribution in [2.45, 2.75) is 31.6 Å². The van der Waals surface area contributed by atoms with Crippen LogP contribution in [0.15, 0.2) is 42.5 Å². The first-order valence-corrected chi connectivity index (χ1v) is 8.53. The molecule has 25 heavy (non-hydrogen) atoms. The van der Waals surface area contributed by atoms with Gasteiger partial charge in [0, 0.05) is 12.0 Å². The minimum Gasteiger partial charge on any atom is -0.497 e. The first-order chi connectivity index (χ1) is 11.9. The van der Waals surface area contributed by atoms with Crippen molar-refractivity contribution in [3.05, 3.63) is 65.2 Å². The normalized spacial score (nSPS) is 27.8. The van der Waals surface area contributed by atoms with Gasteiger partial charge in [0.15, 0.2) is 5.78 Å². The Morgan fingerprint density at radius 3 is 2.28 bits per heavy atom. The Kier molecular flexibility index (Phi) is 3.50. The minimum atomic E-state index is -0.770. The van der Waals surface area contributed by atoms with E-state index in [9.17, 15) is 13.6 Å². The Balaban J connectivity index is 1.49. The van der Waals surface area contributed by atoms with Gasteiger partial charge < -0.3 is 4.74 Å². The van der Waals surface area contributed by atoms with Gasteiger partial charge in [-0.15, -0.1) is 0 Å². The van der Waals surface area contributed by atoms with Crippen LogP contribution in [-0.4, -0.2) is 12.9 Å². The lowest BCUT2D eigenvalue weighted by molar-refractivity contribution is -0.165. The number of rotatable bonds is 5. The van der Waals surface area contributed by atoms with E-state index in [-0.39, 0.29) is 28.1 Å². The zero-order chi connectivity index (χ0) is 17.8. The number of ether oxygens (including phenoxy) is 1. The van der Waals surface area contributed by atoms with Crippen molar-refractivity contribution in [3.63, 3.8) is 0 Å². The number of methoxy groups -OCH3 is 1. The van der Waals surface area contributed by atoms with Gasteiger partial charge in [0.25, 0.3) is 0 Å². The predicted octanol–water partition coefficient (Wildman–Crippen LogP) is 4.91. The summed E-state index contributed by atoms with van der Waals surface area (Å²) in [6.45, 7) is 1.88. The number of hydrogen-bond donors (Lipinski definition) is 0. The van der Waals surface area contributed by atoms with Crippen molar-refractivity contribution in [2.75, 3.05) is 7.11 Å². The molecule has 130 valence electrons. The minimum absolute atomic E-state index is 0.00266. The van der Waals surface area contributed by atoms with Gasteiger partial charge in [-0.05, 0) is 59.9 Å². The van der Waals surface area contributed by atoms with Crippen LogP contribution in [0.2, 0.25) is 0 Å². The van der Waals surface area contributed by atoms with Gasteiger partial charge in [0.1, 0.15) is 17.4 Å². The van der Waals surface area contributed by atoms with Gasteiger partial charge in [-0.1, -0.05) is 19.1 Å². The van der Waals surface area contributed by atoms with Crippen LogP contribution in [0.3, 0.4) is 0 Å². The first-order valence-electron chi connectivity index (χ1n) is 8.53. The monoisotopic (exact) mass is 342 g/mol. The Morgan fingerprint density at radius 2 is 1.72 bits per heavy atom. The standard InChI is InChI=1S/C21H20F2O2/c1-13(19(24)17-8-5-15(22)9-18(17)23)20-10-21(11-20,12-20)14-3-6-16(25-2)7-4-14/h3-9,13H,10-12H2,1-2H3. The van der Waals surface area contributed by atoms with E-state index in [1.807, 2.05) is 19.1 Å². The molecule has 5 rings (SSSR count). The second kappa shape index (κ2) is 5.38. The third-order valence-corrected chi connectivity index (χ3v) is 6.28. The van der Waals surface area contributed by atoms with Crippen molar-refractivity contribution >= 4 is 5.78 Å². The lowest BCUT2D eigenvalue weighted by Gasteiger charge is -2.73. The van der Waals surface area contributed by atoms with Crippen LogP contribution in [0.25, 0.3) is 0 Å². The molecule has 3 fully saturated rings. The van der Waals surface area contributed by atoms with E-state index < -0.39 is 11.6 Å². The highest BCUT2D eigenvalue weighted by Crippen LogP contribution is 2.76. The Bertz CT molecular complexity index is 822. The molecule has 0 aromatic heterocycles. The van der Waals surface area contributed by atoms with Crippen LogP contribution in [0.5, 0.6) is 5.75 Å². The van der Waals surface area contributed by atoms with Gasteiger partial charge in [-0.3, -0.25) is 4.79 Å². The quantitative estimate of drug-likeness (QED) is 0.722. The van der Waals surface area contributed by atoms with Crippen LogP contribution in [0, 0.1) is 23.0 Å². The molecule has 0 aliphatic heterocycles. The van der Waals surface area contributed by atoms with Crippen LogP contribution < -0.4 is 4.74 Å². The average molecular weight is 342 g/mol. The molecule has 4 heteroatoms. The smallest absolute Gasteiger partial charge is 0.169 e. The topological polar surface area (TPSA) is 26.3 Å². The van der Waals surface area contributed by atoms with E-state index >= 15 is 0 Å². The number of Topliss-reactive ketones (excluding diaryl/α,β-unsaturated/α-hetero) is 1. The molecule has 2 bridgehead atoms. The maximum atomic E-state index is 13.9. The number of carbonyl (C=O) groups excluding carboxylic acids is 1. The maximum absolute atomic E-state index is 13.9. The van der Waals surface area contributed by atoms with E-state index in [0.717, 1.165) is 37.1 Å². The lowest BCUT2D eigenvalue weighted by Crippen LogP contribution is -2.68. The number of halogens is 2. The molecule has 1 unspecified atom stereocenters. The molecule has 0 amide bonds. The van der Waals surface area contributed by atoms with Gasteiger partial charge in [0.2, 0.25) is 0 Å². The summed E-state index contributed by atoms with van der Waals surface area (Å²) in [6.07, 6.45) is 2.84. The molecule has 3 aliphatic carbocycles. The van der Waals surface area contributed by atoms with E-state index in [1.54, 1.807) is 7.11 Å². The molecule has 1 atom stereocenters. The van der Waals surface area contributed by atoms with Crippen molar-refractivity contribution in [1.82, 2.24) is 0 Å². The van der Waals surface area contributed by atoms with Crippen molar-refractivity contribution in [2.24, 2.45) is 11.3 Å². The molecular formula is C21H20F2O2. The Morgan fingerprint density at radius 1 is 1.08 bits per heavy atom. The molecule has 0 saturated heterocycles. The summed E-state index contributed by atoms with van der Waals surface area (Å²) in [5, 5.41) is 0. The highest BCUT2D eigenvalue weighted by Gasteiger charge is 2.70. The summed E-state index contributed by atoms with van der Waals surface area (Å²) in [5.41, 5.74) is 1.39. The fraction of sp³-hybridized carbons (Fsp3) is 0.381. The van der Waals surface area contributed by atoms with Crippen LogP contribution in [0.1, 0.15) is 42.1 Å². The van der Waals surface area contributed by atoms with Gasteiger partial charge >= 0.3 is 0 Å². The summed E-state index contributed by atoms with van der Waals surface area (Å²) in [6, 6.07) is 11.3. The molecule has 3 aliphatic rings. The molecule has 2 aromatic carbocycles. The molecule has 3 saturated carbocycles. The van der Waals surface area contributed by atoms with Crippen LogP contribution in [-0.2, 0) is 5.41 Å². The van der Waals surface area contributed by atoms with E-state index in [2.05, 4.69) is 12.1 Å². The van der Waals surface area contributed by atoms with Gasteiger partial charge in [-0.25, -0.2) is 8.78 Å². The highest BCUT2D eigenvalue weighted by molar-refractivity contribution is 5.98. The van der Waals surface area contributed by atoms with E-state index in [0.29, 0.717) is 0 Å². The van der Waals surface area contributed by atoms with Crippen LogP contribution >= 0.6 is 0 Å². The molecule has 0 N–H and O–H groups in total. The Labute approximate surface area is 145 Å². The maximum Gasteiger partial charge on any atom is 0.169 e. The summed E-state index contributed by atoms with van der Waals surface area (Å²) in [5.74, 6) is -1.08. The van der Waals surface area contributed by atoms with Crippen LogP contribution in [0.4, 0.5) is 8.78 Å². The zero-order valence-corrected chi connectivity index (χ0v) is 14.3. The van der Waals surface area contributed by atoms with Crippen molar-refractivity contribution < 1.29 is 18.3 Å². The number of carbonyl (C=O) groups is 1. The second-order valence-corrected chi connectivity index (χ2v) is 7.61.